The van der Waals surface area contributed by atoms with Crippen molar-refractivity contribution in [2.75, 3.05) is 13.7 Å². The second kappa shape index (κ2) is 6.06. The number of hydrogen-bond donors (Lipinski definition) is 0. The highest BCUT2D eigenvalue weighted by Crippen LogP contribution is 2.08. The van der Waals surface area contributed by atoms with Crippen molar-refractivity contribution in [2.24, 2.45) is 0 Å². The fourth-order valence-electron chi connectivity index (χ4n) is 1.10. The quantitative estimate of drug-likeness (QED) is 0.525. The number of carbonyl (C=O) groups is 1. The fraction of sp³-hybridized carbons (Fsp3) is 0.600. The van der Waals surface area contributed by atoms with Crippen LogP contribution < -0.4 is 4.74 Å². The lowest BCUT2D eigenvalue weighted by molar-refractivity contribution is -0.140. The van der Waals surface area contributed by atoms with Gasteiger partial charge in [0.1, 0.15) is 0 Å². The van der Waals surface area contributed by atoms with Gasteiger partial charge in [0, 0.05) is 13.0 Å². The third-order valence-corrected chi connectivity index (χ3v) is 1.96. The molecule has 0 aliphatic heterocycles. The number of carbonyl (C=O) groups excluding carboxylic acids is 1. The average molecular weight is 212 g/mol. The molecule has 0 aliphatic rings. The molecule has 0 N–H and O–H groups in total. The van der Waals surface area contributed by atoms with Crippen LogP contribution in [0.2, 0.25) is 0 Å². The van der Waals surface area contributed by atoms with Gasteiger partial charge in [-0.2, -0.15) is 5.10 Å². The Morgan fingerprint density at radius 3 is 3.00 bits per heavy atom. The molecule has 1 heterocycles. The molecule has 0 saturated carbocycles. The first-order valence-electron chi connectivity index (χ1n) is 4.98. The van der Waals surface area contributed by atoms with Gasteiger partial charge < -0.3 is 9.47 Å². The van der Waals surface area contributed by atoms with Gasteiger partial charge in [-0.15, -0.1) is 0 Å². The molecule has 1 rings (SSSR count). The van der Waals surface area contributed by atoms with Gasteiger partial charge >= 0.3 is 5.97 Å². The molecule has 0 fully saturated rings. The third-order valence-electron chi connectivity index (χ3n) is 1.96. The first-order chi connectivity index (χ1) is 7.26. The predicted molar refractivity (Wildman–Crippen MR) is 54.6 cm³/mol. The predicted octanol–water partition coefficient (Wildman–Crippen LogP) is 1.23. The topological polar surface area (TPSA) is 53.4 Å². The van der Waals surface area contributed by atoms with Crippen molar-refractivity contribution < 1.29 is 14.3 Å². The van der Waals surface area contributed by atoms with Gasteiger partial charge in [-0.05, 0) is 13.3 Å². The average Bonchev–Trinajstić information content (AvgIpc) is 2.72. The van der Waals surface area contributed by atoms with Crippen LogP contribution in [0.15, 0.2) is 12.4 Å². The van der Waals surface area contributed by atoms with Gasteiger partial charge in [0.25, 0.3) is 0 Å². The van der Waals surface area contributed by atoms with E-state index in [9.17, 15) is 4.79 Å². The van der Waals surface area contributed by atoms with Gasteiger partial charge in [0.2, 0.25) is 0 Å². The van der Waals surface area contributed by atoms with Crippen molar-refractivity contribution >= 4 is 5.97 Å². The van der Waals surface area contributed by atoms with Crippen LogP contribution in [-0.4, -0.2) is 29.5 Å². The second-order valence-corrected chi connectivity index (χ2v) is 3.06. The van der Waals surface area contributed by atoms with Crippen LogP contribution >= 0.6 is 0 Å². The van der Waals surface area contributed by atoms with Crippen molar-refractivity contribution in [1.82, 2.24) is 9.78 Å². The minimum atomic E-state index is -0.206. The molecule has 1 aromatic rings. The van der Waals surface area contributed by atoms with Crippen LogP contribution in [0.1, 0.15) is 19.8 Å². The summed E-state index contributed by atoms with van der Waals surface area (Å²) in [5.41, 5.74) is 0. The Morgan fingerprint density at radius 2 is 2.40 bits per heavy atom. The lowest BCUT2D eigenvalue weighted by Gasteiger charge is -2.01. The lowest BCUT2D eigenvalue weighted by atomic mass is 10.3. The van der Waals surface area contributed by atoms with Crippen LogP contribution in [0.3, 0.4) is 0 Å². The monoisotopic (exact) mass is 212 g/mol. The Balaban J connectivity index is 2.17. The fourth-order valence-corrected chi connectivity index (χ4v) is 1.10. The first-order valence-corrected chi connectivity index (χ1v) is 4.98. The lowest BCUT2D eigenvalue weighted by Crippen LogP contribution is -2.04. The summed E-state index contributed by atoms with van der Waals surface area (Å²) in [6.07, 6.45) is 4.54. The maximum Gasteiger partial charge on any atom is 0.305 e. The normalized spacial score (nSPS) is 10.0. The van der Waals surface area contributed by atoms with Crippen molar-refractivity contribution in [3.05, 3.63) is 12.4 Å². The first kappa shape index (κ1) is 11.6. The van der Waals surface area contributed by atoms with E-state index in [2.05, 4.69) is 9.84 Å². The number of hydrogen-bond acceptors (Lipinski definition) is 4. The molecule has 0 atom stereocenters. The number of rotatable bonds is 6. The van der Waals surface area contributed by atoms with Crippen molar-refractivity contribution in [3.63, 3.8) is 0 Å². The Hall–Kier alpha value is -1.52. The van der Waals surface area contributed by atoms with Gasteiger partial charge in [-0.25, -0.2) is 0 Å². The number of esters is 1. The zero-order valence-electron chi connectivity index (χ0n) is 9.10. The molecule has 84 valence electrons. The maximum absolute atomic E-state index is 10.8. The summed E-state index contributed by atoms with van der Waals surface area (Å²) in [7, 11) is 1.38. The van der Waals surface area contributed by atoms with Crippen LogP contribution in [0.4, 0.5) is 0 Å². The standard InChI is InChI=1S/C10H16N2O3/c1-3-12-8-9(7-11-12)15-6-4-5-10(13)14-2/h7-8H,3-6H2,1-2H3. The van der Waals surface area contributed by atoms with Gasteiger partial charge in [-0.1, -0.05) is 0 Å². The maximum atomic E-state index is 10.8. The van der Waals surface area contributed by atoms with Crippen LogP contribution in [0.5, 0.6) is 5.75 Å². The molecule has 5 nitrogen and oxygen atoms in total. The molecule has 0 bridgehead atoms. The third kappa shape index (κ3) is 4.01. The van der Waals surface area contributed by atoms with Crippen molar-refractivity contribution in [2.45, 2.75) is 26.3 Å². The Bertz CT molecular complexity index is 309. The van der Waals surface area contributed by atoms with Gasteiger partial charge in [0.15, 0.2) is 5.75 Å². The van der Waals surface area contributed by atoms with E-state index in [1.54, 1.807) is 10.9 Å². The SMILES string of the molecule is CCn1cc(OCCCC(=O)OC)cn1. The number of nitrogens with zero attached hydrogens (tertiary/aromatic N) is 2. The molecule has 0 saturated heterocycles. The minimum absolute atomic E-state index is 0.206. The number of ether oxygens (including phenoxy) is 2. The van der Waals surface area contributed by atoms with Crippen molar-refractivity contribution in [1.29, 1.82) is 0 Å². The van der Waals surface area contributed by atoms with E-state index in [4.69, 9.17) is 4.74 Å². The Labute approximate surface area is 89.0 Å². The zero-order chi connectivity index (χ0) is 11.1. The molecule has 15 heavy (non-hydrogen) atoms. The molecular weight excluding hydrogens is 196 g/mol. The second-order valence-electron chi connectivity index (χ2n) is 3.06. The summed E-state index contributed by atoms with van der Waals surface area (Å²) >= 11 is 0. The molecule has 0 amide bonds. The van der Waals surface area contributed by atoms with E-state index in [0.29, 0.717) is 19.4 Å². The van der Waals surface area contributed by atoms with E-state index >= 15 is 0 Å². The van der Waals surface area contributed by atoms with Gasteiger partial charge in [0.05, 0.1) is 26.1 Å². The summed E-state index contributed by atoms with van der Waals surface area (Å²) in [6.45, 7) is 3.34. The molecular formula is C10H16N2O3. The molecule has 1 aromatic heterocycles. The highest BCUT2D eigenvalue weighted by Gasteiger charge is 2.01. The summed E-state index contributed by atoms with van der Waals surface area (Å²) < 4.78 is 11.7. The van der Waals surface area contributed by atoms with Crippen LogP contribution in [0, 0.1) is 0 Å². The molecule has 0 aliphatic carbocycles. The summed E-state index contributed by atoms with van der Waals surface area (Å²) in [6, 6.07) is 0. The molecule has 0 aromatic carbocycles. The molecule has 0 radical (unpaired) electrons. The summed E-state index contributed by atoms with van der Waals surface area (Å²) in [4.78, 5) is 10.8. The summed E-state index contributed by atoms with van der Waals surface area (Å²) in [5.74, 6) is 0.532. The molecule has 5 heteroatoms. The van der Waals surface area contributed by atoms with Crippen LogP contribution in [0.25, 0.3) is 0 Å². The number of aryl methyl sites for hydroxylation is 1. The van der Waals surface area contributed by atoms with Crippen molar-refractivity contribution in [3.8, 4) is 5.75 Å². The Kier molecular flexibility index (Phi) is 4.66. The minimum Gasteiger partial charge on any atom is -0.490 e. The van der Waals surface area contributed by atoms with E-state index < -0.39 is 0 Å². The van der Waals surface area contributed by atoms with E-state index in [0.717, 1.165) is 12.3 Å². The Morgan fingerprint density at radius 1 is 1.60 bits per heavy atom. The number of methoxy groups -OCH3 is 1. The van der Waals surface area contributed by atoms with Crippen LogP contribution in [-0.2, 0) is 16.1 Å². The van der Waals surface area contributed by atoms with E-state index in [1.807, 2.05) is 13.1 Å². The number of aromatic nitrogens is 2. The highest BCUT2D eigenvalue weighted by atomic mass is 16.5. The van der Waals surface area contributed by atoms with Gasteiger partial charge in [-0.3, -0.25) is 9.48 Å². The zero-order valence-corrected chi connectivity index (χ0v) is 9.10. The summed E-state index contributed by atoms with van der Waals surface area (Å²) in [5, 5.41) is 4.06. The van der Waals surface area contributed by atoms with E-state index in [1.165, 1.54) is 7.11 Å². The molecule has 0 unspecified atom stereocenters. The molecule has 0 spiro atoms. The largest absolute Gasteiger partial charge is 0.490 e. The van der Waals surface area contributed by atoms with E-state index in [-0.39, 0.29) is 5.97 Å². The smallest absolute Gasteiger partial charge is 0.305 e. The highest BCUT2D eigenvalue weighted by molar-refractivity contribution is 5.68.